The van der Waals surface area contributed by atoms with Crippen LogP contribution in [0.3, 0.4) is 0 Å². The van der Waals surface area contributed by atoms with Gasteiger partial charge in [-0.3, -0.25) is 19.5 Å². The first-order valence-corrected chi connectivity index (χ1v) is 13.1. The average Bonchev–Trinajstić information content (AvgIpc) is 3.47. The fourth-order valence-corrected chi connectivity index (χ4v) is 4.90. The lowest BCUT2D eigenvalue weighted by Crippen LogP contribution is -2.25. The van der Waals surface area contributed by atoms with Crippen molar-refractivity contribution >= 4 is 63.2 Å². The van der Waals surface area contributed by atoms with E-state index in [0.29, 0.717) is 15.2 Å². The number of amides is 2. The van der Waals surface area contributed by atoms with Crippen LogP contribution in [0.15, 0.2) is 47.6 Å². The molecular formula is C22H16Cl2F3N7O2S2. The summed E-state index contributed by atoms with van der Waals surface area (Å²) in [5, 5.41) is 22.5. The van der Waals surface area contributed by atoms with Gasteiger partial charge in [-0.25, -0.2) is 0 Å². The van der Waals surface area contributed by atoms with E-state index < -0.39 is 23.6 Å². The molecule has 2 heterocycles. The highest BCUT2D eigenvalue weighted by atomic mass is 35.5. The number of anilines is 1. The van der Waals surface area contributed by atoms with Crippen molar-refractivity contribution in [1.82, 2.24) is 30.3 Å². The Balaban J connectivity index is 1.59. The van der Waals surface area contributed by atoms with Gasteiger partial charge < -0.3 is 5.32 Å². The molecule has 0 saturated heterocycles. The summed E-state index contributed by atoms with van der Waals surface area (Å²) in [6, 6.07) is 8.91. The minimum atomic E-state index is -4.59. The predicted molar refractivity (Wildman–Crippen MR) is 138 cm³/mol. The molecule has 4 rings (SSSR count). The van der Waals surface area contributed by atoms with E-state index in [0.717, 1.165) is 23.9 Å². The van der Waals surface area contributed by atoms with Gasteiger partial charge >= 0.3 is 6.18 Å². The number of rotatable bonds is 8. The molecule has 0 radical (unpaired) electrons. The Morgan fingerprint density at radius 1 is 1.08 bits per heavy atom. The van der Waals surface area contributed by atoms with Crippen LogP contribution >= 0.6 is 46.3 Å². The Labute approximate surface area is 231 Å². The number of halogens is 5. The van der Waals surface area contributed by atoms with Crippen LogP contribution in [-0.2, 0) is 17.5 Å². The molecule has 0 aliphatic heterocycles. The lowest BCUT2D eigenvalue weighted by molar-refractivity contribution is -0.137. The zero-order valence-corrected chi connectivity index (χ0v) is 22.4. The van der Waals surface area contributed by atoms with Crippen molar-refractivity contribution in [3.05, 3.63) is 74.5 Å². The molecule has 2 aromatic heterocycles. The third-order valence-electron chi connectivity index (χ3n) is 4.82. The van der Waals surface area contributed by atoms with E-state index >= 15 is 0 Å². The van der Waals surface area contributed by atoms with Crippen LogP contribution in [0, 0.1) is 6.92 Å². The first kappa shape index (κ1) is 27.8. The molecule has 0 spiro atoms. The van der Waals surface area contributed by atoms with Crippen LogP contribution in [-0.4, -0.2) is 42.5 Å². The number of nitrogens with zero attached hydrogens (tertiary/aromatic N) is 5. The maximum Gasteiger partial charge on any atom is 0.416 e. The van der Waals surface area contributed by atoms with Gasteiger partial charge in [0.1, 0.15) is 5.01 Å². The molecule has 0 fully saturated rings. The molecule has 0 atom stereocenters. The van der Waals surface area contributed by atoms with E-state index in [-0.39, 0.29) is 39.6 Å². The van der Waals surface area contributed by atoms with Crippen molar-refractivity contribution in [3.8, 4) is 5.69 Å². The minimum Gasteiger partial charge on any atom is -0.345 e. The number of hydrogen-bond acceptors (Lipinski definition) is 8. The second-order valence-corrected chi connectivity index (χ2v) is 10.5. The second kappa shape index (κ2) is 11.7. The van der Waals surface area contributed by atoms with Crippen LogP contribution < -0.4 is 10.6 Å². The number of thioether (sulfide) groups is 1. The van der Waals surface area contributed by atoms with Gasteiger partial charge in [0, 0.05) is 5.02 Å². The maximum atomic E-state index is 13.4. The Morgan fingerprint density at radius 3 is 2.58 bits per heavy atom. The van der Waals surface area contributed by atoms with Crippen LogP contribution in [0.5, 0.6) is 0 Å². The van der Waals surface area contributed by atoms with Crippen LogP contribution in [0.4, 0.5) is 18.3 Å². The van der Waals surface area contributed by atoms with Gasteiger partial charge in [0.15, 0.2) is 11.0 Å². The topological polar surface area (TPSA) is 115 Å². The zero-order chi connectivity index (χ0) is 27.4. The summed E-state index contributed by atoms with van der Waals surface area (Å²) in [6.45, 7) is 1.53. The number of hydrogen-bond donors (Lipinski definition) is 2. The van der Waals surface area contributed by atoms with Gasteiger partial charge in [-0.1, -0.05) is 52.4 Å². The summed E-state index contributed by atoms with van der Waals surface area (Å²) in [5.41, 5.74) is -0.676. The number of benzene rings is 2. The second-order valence-electron chi connectivity index (χ2n) is 7.55. The van der Waals surface area contributed by atoms with Gasteiger partial charge in [0.2, 0.25) is 11.0 Å². The molecule has 2 N–H and O–H groups in total. The number of carbonyl (C=O) groups is 2. The molecule has 38 heavy (non-hydrogen) atoms. The maximum absolute atomic E-state index is 13.4. The SMILES string of the molecule is Cc1nnc(NC(=O)CSc2nnc(CNC(=O)c3cc(Cl)ccc3Cl)n2-c2cccc(C(F)(F)F)c2)s1. The number of carbonyl (C=O) groups excluding carboxylic acids is 2. The van der Waals surface area contributed by atoms with E-state index in [9.17, 15) is 22.8 Å². The van der Waals surface area contributed by atoms with E-state index in [1.807, 2.05) is 0 Å². The quantitative estimate of drug-likeness (QED) is 0.259. The van der Waals surface area contributed by atoms with Crippen molar-refractivity contribution in [2.75, 3.05) is 11.1 Å². The lowest BCUT2D eigenvalue weighted by atomic mass is 10.2. The number of aryl methyl sites for hydroxylation is 1. The molecule has 0 aliphatic carbocycles. The van der Waals surface area contributed by atoms with Gasteiger partial charge in [-0.05, 0) is 43.3 Å². The lowest BCUT2D eigenvalue weighted by Gasteiger charge is -2.13. The number of alkyl halides is 3. The van der Waals surface area contributed by atoms with E-state index in [1.165, 1.54) is 46.2 Å². The normalized spacial score (nSPS) is 11.4. The van der Waals surface area contributed by atoms with Crippen molar-refractivity contribution in [2.45, 2.75) is 24.8 Å². The molecule has 198 valence electrons. The Kier molecular flexibility index (Phi) is 8.55. The summed E-state index contributed by atoms with van der Waals surface area (Å²) in [4.78, 5) is 25.1. The standard InChI is InChI=1S/C22H16Cl2F3N7O2S2/c1-11-30-32-20(38-11)29-18(35)10-37-21-33-31-17(9-28-19(36)15-8-13(23)5-6-16(15)24)34(21)14-4-2-3-12(7-14)22(25,26)27/h2-8H,9-10H2,1H3,(H,28,36)(H,29,32,35). The van der Waals surface area contributed by atoms with Gasteiger partial charge in [-0.15, -0.1) is 20.4 Å². The number of aromatic nitrogens is 5. The van der Waals surface area contributed by atoms with Crippen molar-refractivity contribution in [2.24, 2.45) is 0 Å². The Morgan fingerprint density at radius 2 is 1.87 bits per heavy atom. The minimum absolute atomic E-state index is 0.0949. The first-order valence-electron chi connectivity index (χ1n) is 10.6. The van der Waals surface area contributed by atoms with E-state index in [2.05, 4.69) is 31.0 Å². The number of nitrogens with one attached hydrogen (secondary N) is 2. The molecule has 9 nitrogen and oxygen atoms in total. The molecule has 0 aliphatic rings. The van der Waals surface area contributed by atoms with Crippen LogP contribution in [0.2, 0.25) is 10.0 Å². The summed E-state index contributed by atoms with van der Waals surface area (Å²) >= 11 is 14.2. The summed E-state index contributed by atoms with van der Waals surface area (Å²) < 4.78 is 41.5. The largest absolute Gasteiger partial charge is 0.416 e. The van der Waals surface area contributed by atoms with Crippen molar-refractivity contribution in [1.29, 1.82) is 0 Å². The summed E-state index contributed by atoms with van der Waals surface area (Å²) in [6.07, 6.45) is -4.59. The predicted octanol–water partition coefficient (Wildman–Crippen LogP) is 5.41. The van der Waals surface area contributed by atoms with Gasteiger partial charge in [-0.2, -0.15) is 13.2 Å². The smallest absolute Gasteiger partial charge is 0.345 e. The monoisotopic (exact) mass is 601 g/mol. The van der Waals surface area contributed by atoms with Crippen LogP contribution in [0.1, 0.15) is 26.8 Å². The average molecular weight is 602 g/mol. The van der Waals surface area contributed by atoms with Gasteiger partial charge in [0.25, 0.3) is 5.91 Å². The summed E-state index contributed by atoms with van der Waals surface area (Å²) in [5.74, 6) is -1.01. The summed E-state index contributed by atoms with van der Waals surface area (Å²) in [7, 11) is 0. The highest BCUT2D eigenvalue weighted by molar-refractivity contribution is 7.99. The first-order chi connectivity index (χ1) is 18.0. The Bertz CT molecular complexity index is 1490. The molecule has 2 aromatic carbocycles. The van der Waals surface area contributed by atoms with Crippen LogP contribution in [0.25, 0.3) is 5.69 Å². The van der Waals surface area contributed by atoms with Crippen molar-refractivity contribution in [3.63, 3.8) is 0 Å². The van der Waals surface area contributed by atoms with Gasteiger partial charge in [0.05, 0.1) is 34.1 Å². The molecule has 0 bridgehead atoms. The fraction of sp³-hybridized carbons (Fsp3) is 0.182. The van der Waals surface area contributed by atoms with E-state index in [4.69, 9.17) is 23.2 Å². The third kappa shape index (κ3) is 6.81. The highest BCUT2D eigenvalue weighted by Gasteiger charge is 2.31. The zero-order valence-electron chi connectivity index (χ0n) is 19.2. The molecule has 2 amide bonds. The van der Waals surface area contributed by atoms with E-state index in [1.54, 1.807) is 6.92 Å². The van der Waals surface area contributed by atoms with Crippen molar-refractivity contribution < 1.29 is 22.8 Å². The molecule has 0 unspecified atom stereocenters. The highest BCUT2D eigenvalue weighted by Crippen LogP contribution is 2.32. The molecular weight excluding hydrogens is 586 g/mol. The third-order valence-corrected chi connectivity index (χ3v) is 7.06. The molecule has 0 saturated carbocycles. The fourth-order valence-electron chi connectivity index (χ4n) is 3.15. The molecule has 16 heteroatoms. The Hall–Kier alpha value is -3.20. The molecule has 4 aromatic rings.